The van der Waals surface area contributed by atoms with Crippen molar-refractivity contribution in [2.45, 2.75) is 33.6 Å². The highest BCUT2D eigenvalue weighted by atomic mass is 16.2. The van der Waals surface area contributed by atoms with E-state index in [1.807, 2.05) is 38.7 Å². The predicted octanol–water partition coefficient (Wildman–Crippen LogP) is 1.45. The normalized spacial score (nSPS) is 15.1. The first-order valence-electron chi connectivity index (χ1n) is 8.38. The first kappa shape index (κ1) is 16.6. The number of nitrogens with zero attached hydrogens (tertiary/aromatic N) is 5. The molecular weight excluding hydrogens is 304 g/mol. The lowest BCUT2D eigenvalue weighted by Gasteiger charge is -2.27. The van der Waals surface area contributed by atoms with Crippen LogP contribution in [0.1, 0.15) is 47.2 Å². The number of aromatic nitrogens is 4. The average molecular weight is 328 g/mol. The van der Waals surface area contributed by atoms with Gasteiger partial charge in [-0.25, -0.2) is 14.6 Å². The Balaban J connectivity index is 2.00. The molecule has 0 saturated carbocycles. The maximum Gasteiger partial charge on any atom is 0.257 e. The lowest BCUT2D eigenvalue weighted by Crippen LogP contribution is -2.46. The highest BCUT2D eigenvalue weighted by Crippen LogP contribution is 2.21. The summed E-state index contributed by atoms with van der Waals surface area (Å²) in [5, 5.41) is 7.87. The molecule has 24 heavy (non-hydrogen) atoms. The van der Waals surface area contributed by atoms with E-state index >= 15 is 0 Å². The molecule has 3 rings (SSSR count). The summed E-state index contributed by atoms with van der Waals surface area (Å²) < 4.78 is 1.63. The fourth-order valence-corrected chi connectivity index (χ4v) is 2.93. The van der Waals surface area contributed by atoms with E-state index in [2.05, 4.69) is 20.4 Å². The SMILES string of the molecule is Cc1cc(C)nc(-n2cc(C(=O)N3CCNCC3)c(C(C)C)n2)n1. The van der Waals surface area contributed by atoms with Crippen LogP contribution in [0, 0.1) is 13.8 Å². The molecule has 0 atom stereocenters. The number of amides is 1. The number of carbonyl (C=O) groups excluding carboxylic acids is 1. The molecule has 1 saturated heterocycles. The minimum atomic E-state index is 0.0378. The van der Waals surface area contributed by atoms with Crippen LogP contribution in [0.25, 0.3) is 5.95 Å². The standard InChI is InChI=1S/C17H24N6O/c1-11(2)15-14(16(24)22-7-5-18-6-8-22)10-23(21-15)17-19-12(3)9-13(4)20-17/h9-11,18H,5-8H2,1-4H3. The molecule has 2 aromatic rings. The zero-order valence-electron chi connectivity index (χ0n) is 14.7. The number of carbonyl (C=O) groups is 1. The molecule has 7 nitrogen and oxygen atoms in total. The van der Waals surface area contributed by atoms with Crippen LogP contribution in [0.5, 0.6) is 0 Å². The molecule has 0 unspecified atom stereocenters. The third-order valence-electron chi connectivity index (χ3n) is 4.10. The van der Waals surface area contributed by atoms with Gasteiger partial charge in [0.2, 0.25) is 0 Å². The van der Waals surface area contributed by atoms with E-state index in [1.54, 1.807) is 10.9 Å². The van der Waals surface area contributed by atoms with Gasteiger partial charge in [0.05, 0.1) is 11.3 Å². The fourth-order valence-electron chi connectivity index (χ4n) is 2.93. The second-order valence-electron chi connectivity index (χ2n) is 6.52. The van der Waals surface area contributed by atoms with Gasteiger partial charge >= 0.3 is 0 Å². The number of hydrogen-bond donors (Lipinski definition) is 1. The number of aryl methyl sites for hydroxylation is 2. The van der Waals surface area contributed by atoms with Gasteiger partial charge in [0.25, 0.3) is 11.9 Å². The lowest BCUT2D eigenvalue weighted by molar-refractivity contribution is 0.0734. The van der Waals surface area contributed by atoms with Crippen LogP contribution >= 0.6 is 0 Å². The molecule has 0 spiro atoms. The maximum atomic E-state index is 12.9. The molecule has 1 aliphatic heterocycles. The Morgan fingerprint density at radius 2 is 1.79 bits per heavy atom. The fraction of sp³-hybridized carbons (Fsp3) is 0.529. The van der Waals surface area contributed by atoms with Crippen LogP contribution in [0.3, 0.4) is 0 Å². The van der Waals surface area contributed by atoms with Gasteiger partial charge in [-0.1, -0.05) is 13.8 Å². The number of hydrogen-bond acceptors (Lipinski definition) is 5. The monoisotopic (exact) mass is 328 g/mol. The first-order valence-corrected chi connectivity index (χ1v) is 8.38. The van der Waals surface area contributed by atoms with E-state index in [1.165, 1.54) is 0 Å². The van der Waals surface area contributed by atoms with E-state index < -0.39 is 0 Å². The minimum absolute atomic E-state index is 0.0378. The Bertz CT molecular complexity index is 725. The van der Waals surface area contributed by atoms with Crippen LogP contribution in [0.15, 0.2) is 12.3 Å². The number of rotatable bonds is 3. The molecule has 0 aliphatic carbocycles. The Morgan fingerprint density at radius 3 is 2.38 bits per heavy atom. The Hall–Kier alpha value is -2.28. The van der Waals surface area contributed by atoms with Crippen molar-refractivity contribution in [1.29, 1.82) is 0 Å². The van der Waals surface area contributed by atoms with Gasteiger partial charge in [0, 0.05) is 43.8 Å². The Labute approximate surface area is 142 Å². The summed E-state index contributed by atoms with van der Waals surface area (Å²) in [6.45, 7) is 11.1. The topological polar surface area (TPSA) is 75.9 Å². The largest absolute Gasteiger partial charge is 0.336 e. The zero-order chi connectivity index (χ0) is 17.3. The third-order valence-corrected chi connectivity index (χ3v) is 4.10. The van der Waals surface area contributed by atoms with Crippen molar-refractivity contribution in [1.82, 2.24) is 30.0 Å². The molecule has 128 valence electrons. The van der Waals surface area contributed by atoms with Gasteiger partial charge in [-0.05, 0) is 25.8 Å². The van der Waals surface area contributed by atoms with Crippen LogP contribution in [-0.4, -0.2) is 56.7 Å². The molecule has 0 radical (unpaired) electrons. The summed E-state index contributed by atoms with van der Waals surface area (Å²) in [5.41, 5.74) is 3.21. The highest BCUT2D eigenvalue weighted by molar-refractivity contribution is 5.95. The van der Waals surface area contributed by atoms with Gasteiger partial charge in [-0.15, -0.1) is 0 Å². The molecule has 3 heterocycles. The van der Waals surface area contributed by atoms with Crippen molar-refractivity contribution in [3.05, 3.63) is 34.9 Å². The minimum Gasteiger partial charge on any atom is -0.336 e. The molecule has 2 aromatic heterocycles. The van der Waals surface area contributed by atoms with Crippen molar-refractivity contribution >= 4 is 5.91 Å². The van der Waals surface area contributed by atoms with Crippen molar-refractivity contribution in [2.24, 2.45) is 0 Å². The van der Waals surface area contributed by atoms with Crippen LogP contribution in [-0.2, 0) is 0 Å². The number of piperazine rings is 1. The van der Waals surface area contributed by atoms with E-state index in [9.17, 15) is 4.79 Å². The third kappa shape index (κ3) is 3.31. The van der Waals surface area contributed by atoms with Crippen molar-refractivity contribution in [3.8, 4) is 5.95 Å². The molecule has 0 bridgehead atoms. The quantitative estimate of drug-likeness (QED) is 0.923. The van der Waals surface area contributed by atoms with Crippen LogP contribution < -0.4 is 5.32 Å². The summed E-state index contributed by atoms with van der Waals surface area (Å²) in [5.74, 6) is 0.698. The molecule has 0 aromatic carbocycles. The van der Waals surface area contributed by atoms with Gasteiger partial charge < -0.3 is 10.2 Å². The van der Waals surface area contributed by atoms with Crippen LogP contribution in [0.2, 0.25) is 0 Å². The highest BCUT2D eigenvalue weighted by Gasteiger charge is 2.25. The lowest BCUT2D eigenvalue weighted by atomic mass is 10.1. The Morgan fingerprint density at radius 1 is 1.17 bits per heavy atom. The van der Waals surface area contributed by atoms with Gasteiger partial charge in [-0.2, -0.15) is 5.10 Å². The second kappa shape index (κ2) is 6.68. The van der Waals surface area contributed by atoms with E-state index in [0.717, 1.165) is 43.3 Å². The molecule has 1 fully saturated rings. The molecule has 1 N–H and O–H groups in total. The predicted molar refractivity (Wildman–Crippen MR) is 91.5 cm³/mol. The van der Waals surface area contributed by atoms with Gasteiger partial charge in [-0.3, -0.25) is 4.79 Å². The summed E-state index contributed by atoms with van der Waals surface area (Å²) in [4.78, 5) is 23.7. The van der Waals surface area contributed by atoms with Gasteiger partial charge in [0.1, 0.15) is 0 Å². The average Bonchev–Trinajstić information content (AvgIpc) is 2.99. The van der Waals surface area contributed by atoms with Gasteiger partial charge in [0.15, 0.2) is 0 Å². The van der Waals surface area contributed by atoms with E-state index in [4.69, 9.17) is 0 Å². The molecule has 7 heteroatoms. The van der Waals surface area contributed by atoms with E-state index in [0.29, 0.717) is 11.5 Å². The zero-order valence-corrected chi connectivity index (χ0v) is 14.7. The first-order chi connectivity index (χ1) is 11.5. The maximum absolute atomic E-state index is 12.9. The van der Waals surface area contributed by atoms with Crippen molar-refractivity contribution in [2.75, 3.05) is 26.2 Å². The summed E-state index contributed by atoms with van der Waals surface area (Å²) in [6, 6.07) is 1.92. The van der Waals surface area contributed by atoms with Crippen molar-refractivity contribution in [3.63, 3.8) is 0 Å². The summed E-state index contributed by atoms with van der Waals surface area (Å²) in [6.07, 6.45) is 1.77. The smallest absolute Gasteiger partial charge is 0.257 e. The van der Waals surface area contributed by atoms with Crippen LogP contribution in [0.4, 0.5) is 0 Å². The number of nitrogens with one attached hydrogen (secondary N) is 1. The Kier molecular flexibility index (Phi) is 4.62. The van der Waals surface area contributed by atoms with Crippen molar-refractivity contribution < 1.29 is 4.79 Å². The van der Waals surface area contributed by atoms with E-state index in [-0.39, 0.29) is 11.8 Å². The molecule has 1 amide bonds. The summed E-state index contributed by atoms with van der Waals surface area (Å²) >= 11 is 0. The molecular formula is C17H24N6O. The molecule has 1 aliphatic rings. The second-order valence-corrected chi connectivity index (χ2v) is 6.52. The summed E-state index contributed by atoms with van der Waals surface area (Å²) in [7, 11) is 0.